The lowest BCUT2D eigenvalue weighted by atomic mass is 10.1. The summed E-state index contributed by atoms with van der Waals surface area (Å²) in [6.07, 6.45) is -1.50. The number of fused-ring (bicyclic) bond motifs is 1. The maximum Gasteiger partial charge on any atom is 0.416 e. The molecule has 0 saturated heterocycles. The van der Waals surface area contributed by atoms with Crippen molar-refractivity contribution >= 4 is 36.7 Å². The SMILES string of the molecule is Cc1ncccc1C(=O)Nc1cnn2c1C(=O)N(c1ccc(C(F)(F)F)cc1)C[C@@H]2C.S. The highest BCUT2D eigenvalue weighted by molar-refractivity contribution is 7.59. The molecule has 1 aliphatic rings. The van der Waals surface area contributed by atoms with Crippen LogP contribution in [-0.4, -0.2) is 33.1 Å². The molecule has 0 radical (unpaired) electrons. The van der Waals surface area contributed by atoms with E-state index in [1.165, 1.54) is 27.9 Å². The molecule has 0 unspecified atom stereocenters. The fourth-order valence-corrected chi connectivity index (χ4v) is 3.52. The average molecular weight is 463 g/mol. The molecule has 11 heteroatoms. The molecule has 4 rings (SSSR count). The highest BCUT2D eigenvalue weighted by Crippen LogP contribution is 2.33. The molecule has 168 valence electrons. The average Bonchev–Trinajstić information content (AvgIpc) is 3.15. The summed E-state index contributed by atoms with van der Waals surface area (Å²) in [5.41, 5.74) is 0.817. The lowest BCUT2D eigenvalue weighted by Gasteiger charge is -2.32. The number of pyridine rings is 1. The van der Waals surface area contributed by atoms with Crippen LogP contribution in [0.25, 0.3) is 0 Å². The summed E-state index contributed by atoms with van der Waals surface area (Å²) < 4.78 is 40.1. The van der Waals surface area contributed by atoms with Crippen LogP contribution in [0.4, 0.5) is 24.5 Å². The Morgan fingerprint density at radius 2 is 1.88 bits per heavy atom. The van der Waals surface area contributed by atoms with E-state index in [1.54, 1.807) is 25.3 Å². The molecular weight excluding hydrogens is 443 g/mol. The predicted octanol–water partition coefficient (Wildman–Crippen LogP) is 4.19. The third-order valence-electron chi connectivity index (χ3n) is 5.11. The fourth-order valence-electron chi connectivity index (χ4n) is 3.52. The first-order valence-electron chi connectivity index (χ1n) is 9.46. The Labute approximate surface area is 188 Å². The van der Waals surface area contributed by atoms with Crippen LogP contribution >= 0.6 is 13.5 Å². The van der Waals surface area contributed by atoms with Gasteiger partial charge in [-0.3, -0.25) is 19.3 Å². The van der Waals surface area contributed by atoms with Crippen LogP contribution in [-0.2, 0) is 6.18 Å². The largest absolute Gasteiger partial charge is 0.416 e. The summed E-state index contributed by atoms with van der Waals surface area (Å²) >= 11 is 0. The Balaban J connectivity index is 0.00000289. The zero-order valence-electron chi connectivity index (χ0n) is 17.1. The number of hydrogen-bond acceptors (Lipinski definition) is 4. The van der Waals surface area contributed by atoms with E-state index in [4.69, 9.17) is 0 Å². The van der Waals surface area contributed by atoms with Crippen LogP contribution in [0.1, 0.15) is 45.1 Å². The number of carbonyl (C=O) groups excluding carboxylic acids is 2. The molecule has 3 aromatic rings. The lowest BCUT2D eigenvalue weighted by molar-refractivity contribution is -0.137. The van der Waals surface area contributed by atoms with Crippen LogP contribution in [0.3, 0.4) is 0 Å². The molecule has 0 saturated carbocycles. The number of aryl methyl sites for hydroxylation is 1. The first-order valence-corrected chi connectivity index (χ1v) is 9.46. The maximum atomic E-state index is 13.2. The van der Waals surface area contributed by atoms with E-state index in [9.17, 15) is 22.8 Å². The molecule has 0 bridgehead atoms. The van der Waals surface area contributed by atoms with Crippen molar-refractivity contribution in [3.63, 3.8) is 0 Å². The van der Waals surface area contributed by atoms with E-state index in [2.05, 4.69) is 15.4 Å². The van der Waals surface area contributed by atoms with Crippen LogP contribution in [0.2, 0.25) is 0 Å². The van der Waals surface area contributed by atoms with Gasteiger partial charge in [0.25, 0.3) is 11.8 Å². The van der Waals surface area contributed by atoms with E-state index in [-0.39, 0.29) is 37.5 Å². The minimum absolute atomic E-state index is 0. The number of halogens is 3. The summed E-state index contributed by atoms with van der Waals surface area (Å²) in [7, 11) is 0. The van der Waals surface area contributed by atoms with Crippen LogP contribution in [0.15, 0.2) is 48.8 Å². The van der Waals surface area contributed by atoms with Crippen molar-refractivity contribution < 1.29 is 22.8 Å². The summed E-state index contributed by atoms with van der Waals surface area (Å²) in [4.78, 5) is 31.3. The first-order chi connectivity index (χ1) is 14.7. The van der Waals surface area contributed by atoms with Gasteiger partial charge < -0.3 is 10.2 Å². The van der Waals surface area contributed by atoms with Crippen molar-refractivity contribution in [2.75, 3.05) is 16.8 Å². The van der Waals surface area contributed by atoms with Gasteiger partial charge >= 0.3 is 6.18 Å². The molecule has 0 spiro atoms. The molecule has 7 nitrogen and oxygen atoms in total. The van der Waals surface area contributed by atoms with Gasteiger partial charge in [0.1, 0.15) is 0 Å². The smallest absolute Gasteiger partial charge is 0.319 e. The summed E-state index contributed by atoms with van der Waals surface area (Å²) in [6, 6.07) is 7.40. The van der Waals surface area contributed by atoms with Crippen molar-refractivity contribution in [3.8, 4) is 0 Å². The Hall–Kier alpha value is -3.34. The molecule has 1 aromatic carbocycles. The second-order valence-electron chi connectivity index (χ2n) is 7.25. The van der Waals surface area contributed by atoms with Gasteiger partial charge in [-0.1, -0.05) is 0 Å². The molecule has 1 atom stereocenters. The number of rotatable bonds is 3. The van der Waals surface area contributed by atoms with E-state index in [0.29, 0.717) is 16.9 Å². The van der Waals surface area contributed by atoms with Gasteiger partial charge in [-0.25, -0.2) is 0 Å². The molecular formula is C21H20F3N5O2S. The van der Waals surface area contributed by atoms with Crippen molar-refractivity contribution in [1.82, 2.24) is 14.8 Å². The van der Waals surface area contributed by atoms with Gasteiger partial charge in [-0.2, -0.15) is 31.8 Å². The maximum absolute atomic E-state index is 13.2. The van der Waals surface area contributed by atoms with Crippen LogP contribution < -0.4 is 10.2 Å². The van der Waals surface area contributed by atoms with Gasteiger partial charge in [-0.05, 0) is 50.2 Å². The number of aromatic nitrogens is 3. The zero-order chi connectivity index (χ0) is 22.3. The Morgan fingerprint density at radius 1 is 1.19 bits per heavy atom. The van der Waals surface area contributed by atoms with Crippen LogP contribution in [0.5, 0.6) is 0 Å². The fraction of sp³-hybridized carbons (Fsp3) is 0.238. The predicted molar refractivity (Wildman–Crippen MR) is 117 cm³/mol. The molecule has 0 aliphatic carbocycles. The Bertz CT molecular complexity index is 1160. The van der Waals surface area contributed by atoms with Crippen molar-refractivity contribution in [2.45, 2.75) is 26.1 Å². The summed E-state index contributed by atoms with van der Waals surface area (Å²) in [6.45, 7) is 3.76. The number of nitrogens with one attached hydrogen (secondary N) is 1. The number of benzene rings is 1. The van der Waals surface area contributed by atoms with E-state index in [0.717, 1.165) is 12.1 Å². The van der Waals surface area contributed by atoms with Crippen molar-refractivity contribution in [3.05, 3.63) is 71.3 Å². The van der Waals surface area contributed by atoms with E-state index in [1.807, 2.05) is 6.92 Å². The Kier molecular flexibility index (Phi) is 6.31. The van der Waals surface area contributed by atoms with E-state index < -0.39 is 23.6 Å². The van der Waals surface area contributed by atoms with Gasteiger partial charge in [0.05, 0.1) is 29.1 Å². The number of carbonyl (C=O) groups is 2. The van der Waals surface area contributed by atoms with E-state index >= 15 is 0 Å². The monoisotopic (exact) mass is 463 g/mol. The molecule has 32 heavy (non-hydrogen) atoms. The van der Waals surface area contributed by atoms with Crippen molar-refractivity contribution in [2.24, 2.45) is 0 Å². The number of nitrogens with zero attached hydrogens (tertiary/aromatic N) is 4. The molecule has 2 amide bonds. The molecule has 1 N–H and O–H groups in total. The third kappa shape index (κ3) is 4.20. The number of hydrogen-bond donors (Lipinski definition) is 1. The topological polar surface area (TPSA) is 80.1 Å². The lowest BCUT2D eigenvalue weighted by Crippen LogP contribution is -2.43. The molecule has 0 fully saturated rings. The minimum Gasteiger partial charge on any atom is -0.319 e. The highest BCUT2D eigenvalue weighted by Gasteiger charge is 2.35. The number of anilines is 2. The Morgan fingerprint density at radius 3 is 2.50 bits per heavy atom. The van der Waals surface area contributed by atoms with Crippen molar-refractivity contribution in [1.29, 1.82) is 0 Å². The number of amides is 2. The van der Waals surface area contributed by atoms with Crippen LogP contribution in [0, 0.1) is 6.92 Å². The van der Waals surface area contributed by atoms with Gasteiger partial charge in [0.15, 0.2) is 5.69 Å². The second kappa shape index (κ2) is 8.65. The zero-order valence-corrected chi connectivity index (χ0v) is 18.1. The second-order valence-corrected chi connectivity index (χ2v) is 7.25. The first kappa shape index (κ1) is 23.3. The molecule has 2 aromatic heterocycles. The third-order valence-corrected chi connectivity index (χ3v) is 5.11. The summed E-state index contributed by atoms with van der Waals surface area (Å²) in [5, 5.41) is 6.92. The van der Waals surface area contributed by atoms with Gasteiger partial charge in [-0.15, -0.1) is 0 Å². The quantitative estimate of drug-likeness (QED) is 0.632. The van der Waals surface area contributed by atoms with Gasteiger partial charge in [0, 0.05) is 24.1 Å². The molecule has 1 aliphatic heterocycles. The molecule has 3 heterocycles. The number of alkyl halides is 3. The standard InChI is InChI=1S/C21H18F3N5O2.H2S/c1-12-11-28(15-7-5-14(6-8-15)21(22,23)24)20(31)18-17(10-26-29(12)18)27-19(30)16-4-3-9-25-13(16)2;/h3-10,12H,11H2,1-2H3,(H,27,30);1H2/t12-;/m0./s1. The normalized spacial score (nSPS) is 15.7. The van der Waals surface area contributed by atoms with Gasteiger partial charge in [0.2, 0.25) is 0 Å². The minimum atomic E-state index is -4.46. The summed E-state index contributed by atoms with van der Waals surface area (Å²) in [5.74, 6) is -0.901. The highest BCUT2D eigenvalue weighted by atomic mass is 32.1.